The molecule has 39 heavy (non-hydrogen) atoms. The summed E-state index contributed by atoms with van der Waals surface area (Å²) in [6.07, 6.45) is 6.71. The third kappa shape index (κ3) is 8.44. The van der Waals surface area contributed by atoms with Gasteiger partial charge in [0.25, 0.3) is 0 Å². The fourth-order valence-corrected chi connectivity index (χ4v) is 5.49. The van der Waals surface area contributed by atoms with Crippen LogP contribution in [0.15, 0.2) is 77.9 Å². The van der Waals surface area contributed by atoms with Crippen molar-refractivity contribution in [3.63, 3.8) is 0 Å². The number of fused-ring (bicyclic) bond motifs is 3. The van der Waals surface area contributed by atoms with Gasteiger partial charge in [0.2, 0.25) is 0 Å². The molecule has 1 atom stereocenters. The van der Waals surface area contributed by atoms with Gasteiger partial charge in [-0.3, -0.25) is 6.08 Å². The second-order valence-corrected chi connectivity index (χ2v) is 13.9. The van der Waals surface area contributed by atoms with Crippen LogP contribution in [0.1, 0.15) is 97.1 Å². The zero-order valence-electron chi connectivity index (χ0n) is 25.8. The molecule has 1 heteroatoms. The van der Waals surface area contributed by atoms with Gasteiger partial charge in [-0.05, 0) is 17.4 Å². The van der Waals surface area contributed by atoms with Crippen molar-refractivity contribution < 1.29 is 24.2 Å². The predicted octanol–water partition coefficient (Wildman–Crippen LogP) is 10.0. The van der Waals surface area contributed by atoms with E-state index in [1.807, 2.05) is 6.07 Å². The van der Waals surface area contributed by atoms with E-state index in [4.69, 9.17) is 0 Å². The minimum absolute atomic E-state index is 0.177. The van der Waals surface area contributed by atoms with Crippen LogP contribution < -0.4 is 0 Å². The Morgan fingerprint density at radius 2 is 1.49 bits per heavy atom. The van der Waals surface area contributed by atoms with Crippen molar-refractivity contribution in [2.75, 3.05) is 0 Å². The van der Waals surface area contributed by atoms with Crippen LogP contribution in [-0.4, -0.2) is 3.71 Å². The van der Waals surface area contributed by atoms with Crippen LogP contribution in [0.2, 0.25) is 0 Å². The number of rotatable bonds is 2. The maximum atomic E-state index is 3.53. The minimum atomic E-state index is 0.177. The van der Waals surface area contributed by atoms with E-state index in [0.29, 0.717) is 11.8 Å². The molecular formula is C38H46Zr. The first-order valence-corrected chi connectivity index (χ1v) is 15.7. The Bertz CT molecular complexity index is 1280. The van der Waals surface area contributed by atoms with Gasteiger partial charge in [0, 0.05) is 0 Å². The van der Waals surface area contributed by atoms with Crippen LogP contribution in [0.4, 0.5) is 0 Å². The van der Waals surface area contributed by atoms with E-state index < -0.39 is 0 Å². The van der Waals surface area contributed by atoms with E-state index in [2.05, 4.69) is 146 Å². The first-order chi connectivity index (χ1) is 18.2. The van der Waals surface area contributed by atoms with Crippen molar-refractivity contribution in [3.05, 3.63) is 118 Å². The number of benzene rings is 3. The molecule has 0 saturated carbocycles. The van der Waals surface area contributed by atoms with Gasteiger partial charge in [0.05, 0.1) is 0 Å². The Balaban J connectivity index is 0.000000193. The van der Waals surface area contributed by atoms with Crippen molar-refractivity contribution >= 4 is 3.71 Å². The summed E-state index contributed by atoms with van der Waals surface area (Å²) in [4.78, 5) is 0. The fraction of sp³-hybridized carbons (Fsp3) is 0.395. The van der Waals surface area contributed by atoms with Gasteiger partial charge in [0.1, 0.15) is 0 Å². The summed E-state index contributed by atoms with van der Waals surface area (Å²) in [5.41, 5.74) is 12.9. The van der Waals surface area contributed by atoms with Crippen molar-refractivity contribution in [2.45, 2.75) is 86.5 Å². The number of hydrogen-bond acceptors (Lipinski definition) is 0. The third-order valence-corrected chi connectivity index (χ3v) is 8.24. The van der Waals surface area contributed by atoms with Crippen LogP contribution in [-0.2, 0) is 41.5 Å². The average molecular weight is 594 g/mol. The zero-order chi connectivity index (χ0) is 29.0. The van der Waals surface area contributed by atoms with Crippen LogP contribution in [0.3, 0.4) is 0 Å². The van der Waals surface area contributed by atoms with Gasteiger partial charge < -0.3 is 0 Å². The van der Waals surface area contributed by atoms with E-state index in [-0.39, 0.29) is 10.8 Å². The van der Waals surface area contributed by atoms with E-state index in [1.165, 1.54) is 74.3 Å². The Morgan fingerprint density at radius 3 is 1.95 bits per heavy atom. The molecule has 0 saturated heterocycles. The molecule has 0 N–H and O–H groups in total. The molecule has 0 spiro atoms. The summed E-state index contributed by atoms with van der Waals surface area (Å²) in [5, 5.41) is 0. The molecule has 0 aromatic heterocycles. The van der Waals surface area contributed by atoms with Crippen molar-refractivity contribution in [1.82, 2.24) is 0 Å². The summed E-state index contributed by atoms with van der Waals surface area (Å²) >= 11 is 1.46. The monoisotopic (exact) mass is 592 g/mol. The molecule has 0 amide bonds. The van der Waals surface area contributed by atoms with Crippen LogP contribution >= 0.6 is 0 Å². The summed E-state index contributed by atoms with van der Waals surface area (Å²) in [7, 11) is 0. The topological polar surface area (TPSA) is 0 Å². The molecule has 0 aliphatic heterocycles. The van der Waals surface area contributed by atoms with E-state index in [1.54, 1.807) is 0 Å². The molecule has 0 heterocycles. The molecule has 2 aliphatic rings. The van der Waals surface area contributed by atoms with Gasteiger partial charge in [-0.25, -0.2) is 5.57 Å². The normalized spacial score (nSPS) is 15.8. The summed E-state index contributed by atoms with van der Waals surface area (Å²) in [6.45, 7) is 22.4. The number of hydrogen-bond donors (Lipinski definition) is 0. The zero-order valence-corrected chi connectivity index (χ0v) is 28.2. The van der Waals surface area contributed by atoms with Crippen LogP contribution in [0.5, 0.6) is 0 Å². The van der Waals surface area contributed by atoms with Gasteiger partial charge >= 0.3 is 63.8 Å². The quantitative estimate of drug-likeness (QED) is 0.203. The van der Waals surface area contributed by atoms with Gasteiger partial charge in [-0.2, -0.15) is 41.0 Å². The Hall–Kier alpha value is -2.11. The molecular weight excluding hydrogens is 548 g/mol. The van der Waals surface area contributed by atoms with E-state index >= 15 is 0 Å². The van der Waals surface area contributed by atoms with Gasteiger partial charge in [0.15, 0.2) is 0 Å². The SMILES string of the molecule is CC(C)(C)c1c[c-]c2c(c1)-c1cc(C(C)(C)C)ccc1C2.CC1=[C-]C(C)C=C1C(C)C.[Zr+2]=[CH]c1ccccc1. The first kappa shape index (κ1) is 31.4. The first-order valence-electron chi connectivity index (χ1n) is 14.3. The van der Waals surface area contributed by atoms with Gasteiger partial charge in [-0.15, -0.1) is 5.56 Å². The summed E-state index contributed by atoms with van der Waals surface area (Å²) < 4.78 is 2.17. The van der Waals surface area contributed by atoms with Gasteiger partial charge in [-0.1, -0.05) is 116 Å². The van der Waals surface area contributed by atoms with Crippen LogP contribution in [0, 0.1) is 24.0 Å². The molecule has 3 aromatic carbocycles. The maximum absolute atomic E-state index is 3.53. The summed E-state index contributed by atoms with van der Waals surface area (Å²) in [5.74, 6) is 1.20. The van der Waals surface area contributed by atoms with Crippen molar-refractivity contribution in [1.29, 1.82) is 0 Å². The molecule has 3 aromatic rings. The van der Waals surface area contributed by atoms with E-state index in [0.717, 1.165) is 6.42 Å². The molecule has 0 radical (unpaired) electrons. The molecule has 0 fully saturated rings. The van der Waals surface area contributed by atoms with Crippen molar-refractivity contribution in [2.24, 2.45) is 11.8 Å². The molecule has 0 bridgehead atoms. The second-order valence-electron chi connectivity index (χ2n) is 13.2. The Labute approximate surface area is 254 Å². The Morgan fingerprint density at radius 1 is 0.872 bits per heavy atom. The Kier molecular flexibility index (Phi) is 10.5. The fourth-order valence-electron chi connectivity index (χ4n) is 5.02. The standard InChI is InChI=1S/C21H25.C10H15.C7H6.Zr/c1-20(2,3)16-9-7-14-11-15-8-10-17(21(4,5)6)13-19(15)18(14)12-16;1-7(2)10-6-8(3)5-9(10)4;1-7-5-3-2-4-6-7;/h7,9-10,12-13H,11H2,1-6H3;6-8H,1-4H3;1-6H;/q2*-1;;+2. The van der Waals surface area contributed by atoms with Crippen molar-refractivity contribution in [3.8, 4) is 11.1 Å². The average Bonchev–Trinajstić information content (AvgIpc) is 3.42. The predicted molar refractivity (Wildman–Crippen MR) is 167 cm³/mol. The second kappa shape index (κ2) is 13.0. The third-order valence-electron chi connectivity index (χ3n) is 7.42. The van der Waals surface area contributed by atoms with E-state index in [9.17, 15) is 0 Å². The number of allylic oxidation sites excluding steroid dienone is 4. The molecule has 0 nitrogen and oxygen atoms in total. The molecule has 202 valence electrons. The summed E-state index contributed by atoms with van der Waals surface area (Å²) in [6, 6.07) is 25.4. The molecule has 1 unspecified atom stereocenters. The molecule has 5 rings (SSSR count). The van der Waals surface area contributed by atoms with Crippen LogP contribution in [0.25, 0.3) is 11.1 Å². The molecule has 2 aliphatic carbocycles.